The van der Waals surface area contributed by atoms with Crippen molar-refractivity contribution in [1.82, 2.24) is 0 Å². The predicted octanol–water partition coefficient (Wildman–Crippen LogP) is 2.29. The summed E-state index contributed by atoms with van der Waals surface area (Å²) < 4.78 is 10.5. The number of rotatable bonds is 2. The average Bonchev–Trinajstić information content (AvgIpc) is 2.71. The Morgan fingerprint density at radius 1 is 1.40 bits per heavy atom. The Morgan fingerprint density at radius 2 is 2.07 bits per heavy atom. The molecule has 2 rings (SSSR count). The molecule has 5 nitrogen and oxygen atoms in total. The van der Waals surface area contributed by atoms with Crippen LogP contribution in [0.2, 0.25) is 5.02 Å². The molecule has 0 atom stereocenters. The number of hydrogen-bond donors (Lipinski definition) is 0. The maximum atomic E-state index is 10.6. The standard InChI is InChI=1S/C9H8ClNO4/c10-7-2-1-6(5-8(7)11(12)13)9-14-3-4-15-9/h1-2,5,9H,3-4H2. The van der Waals surface area contributed by atoms with Crippen molar-refractivity contribution in [2.45, 2.75) is 6.29 Å². The molecule has 0 bridgehead atoms. The van der Waals surface area contributed by atoms with Gasteiger partial charge in [-0.3, -0.25) is 10.1 Å². The molecule has 6 heteroatoms. The van der Waals surface area contributed by atoms with Gasteiger partial charge in [-0.15, -0.1) is 0 Å². The van der Waals surface area contributed by atoms with Crippen LogP contribution in [-0.4, -0.2) is 18.1 Å². The van der Waals surface area contributed by atoms with Gasteiger partial charge < -0.3 is 9.47 Å². The summed E-state index contributed by atoms with van der Waals surface area (Å²) in [5, 5.41) is 10.7. The first-order valence-electron chi connectivity index (χ1n) is 4.35. The van der Waals surface area contributed by atoms with Crippen molar-refractivity contribution < 1.29 is 14.4 Å². The van der Waals surface area contributed by atoms with Crippen molar-refractivity contribution in [2.24, 2.45) is 0 Å². The molecule has 0 saturated carbocycles. The van der Waals surface area contributed by atoms with E-state index in [4.69, 9.17) is 21.1 Å². The first-order chi connectivity index (χ1) is 7.18. The van der Waals surface area contributed by atoms with Crippen LogP contribution in [0.15, 0.2) is 18.2 Å². The Balaban J connectivity index is 2.33. The van der Waals surface area contributed by atoms with E-state index in [1.807, 2.05) is 0 Å². The number of halogens is 1. The van der Waals surface area contributed by atoms with Crippen molar-refractivity contribution in [1.29, 1.82) is 0 Å². The van der Waals surface area contributed by atoms with E-state index >= 15 is 0 Å². The van der Waals surface area contributed by atoms with E-state index in [9.17, 15) is 10.1 Å². The minimum Gasteiger partial charge on any atom is -0.346 e. The lowest BCUT2D eigenvalue weighted by Crippen LogP contribution is -1.99. The summed E-state index contributed by atoms with van der Waals surface area (Å²) in [6.07, 6.45) is -0.513. The molecule has 0 aromatic heterocycles. The van der Waals surface area contributed by atoms with Gasteiger partial charge in [0.2, 0.25) is 0 Å². The molecule has 1 aliphatic heterocycles. The molecule has 80 valence electrons. The number of benzene rings is 1. The molecule has 0 amide bonds. The van der Waals surface area contributed by atoms with Crippen LogP contribution < -0.4 is 0 Å². The number of ether oxygens (including phenoxy) is 2. The molecule has 0 N–H and O–H groups in total. The Hall–Kier alpha value is -1.17. The zero-order valence-corrected chi connectivity index (χ0v) is 8.44. The second kappa shape index (κ2) is 4.14. The maximum Gasteiger partial charge on any atom is 0.288 e. The second-order valence-electron chi connectivity index (χ2n) is 3.04. The van der Waals surface area contributed by atoms with Crippen LogP contribution in [0, 0.1) is 10.1 Å². The molecule has 1 heterocycles. The van der Waals surface area contributed by atoms with Crippen molar-refractivity contribution in [3.05, 3.63) is 38.9 Å². The maximum absolute atomic E-state index is 10.6. The third-order valence-corrected chi connectivity index (χ3v) is 2.38. The third-order valence-electron chi connectivity index (χ3n) is 2.06. The van der Waals surface area contributed by atoms with Crippen molar-refractivity contribution in [2.75, 3.05) is 13.2 Å². The van der Waals surface area contributed by atoms with Gasteiger partial charge in [-0.2, -0.15) is 0 Å². The van der Waals surface area contributed by atoms with Crippen LogP contribution in [-0.2, 0) is 9.47 Å². The minimum absolute atomic E-state index is 0.113. The number of hydrogen-bond acceptors (Lipinski definition) is 4. The lowest BCUT2D eigenvalue weighted by Gasteiger charge is -2.08. The van der Waals surface area contributed by atoms with Crippen LogP contribution in [0.25, 0.3) is 0 Å². The largest absolute Gasteiger partial charge is 0.346 e. The summed E-state index contributed by atoms with van der Waals surface area (Å²) in [6.45, 7) is 1.00. The van der Waals surface area contributed by atoms with Gasteiger partial charge in [0.25, 0.3) is 5.69 Å². The lowest BCUT2D eigenvalue weighted by molar-refractivity contribution is -0.384. The predicted molar refractivity (Wildman–Crippen MR) is 52.8 cm³/mol. The molecule has 15 heavy (non-hydrogen) atoms. The monoisotopic (exact) mass is 229 g/mol. The van der Waals surface area contributed by atoms with E-state index < -0.39 is 11.2 Å². The van der Waals surface area contributed by atoms with E-state index in [0.29, 0.717) is 18.8 Å². The highest BCUT2D eigenvalue weighted by molar-refractivity contribution is 6.32. The van der Waals surface area contributed by atoms with Gasteiger partial charge in [0, 0.05) is 11.6 Å². The average molecular weight is 230 g/mol. The smallest absolute Gasteiger partial charge is 0.288 e. The summed E-state index contributed by atoms with van der Waals surface area (Å²) >= 11 is 5.67. The van der Waals surface area contributed by atoms with E-state index in [1.54, 1.807) is 6.07 Å². The van der Waals surface area contributed by atoms with Crippen LogP contribution >= 0.6 is 11.6 Å². The highest BCUT2D eigenvalue weighted by Crippen LogP contribution is 2.30. The Morgan fingerprint density at radius 3 is 2.67 bits per heavy atom. The molecule has 0 unspecified atom stereocenters. The van der Waals surface area contributed by atoms with Crippen LogP contribution in [0.5, 0.6) is 0 Å². The van der Waals surface area contributed by atoms with E-state index in [1.165, 1.54) is 12.1 Å². The fourth-order valence-corrected chi connectivity index (χ4v) is 1.55. The van der Waals surface area contributed by atoms with Gasteiger partial charge in [0.15, 0.2) is 6.29 Å². The van der Waals surface area contributed by atoms with Gasteiger partial charge in [-0.05, 0) is 6.07 Å². The first-order valence-corrected chi connectivity index (χ1v) is 4.73. The number of nitro benzene ring substituents is 1. The molecule has 1 fully saturated rings. The molecule has 0 aliphatic carbocycles. The normalized spacial score (nSPS) is 16.9. The second-order valence-corrected chi connectivity index (χ2v) is 3.45. The lowest BCUT2D eigenvalue weighted by atomic mass is 10.2. The van der Waals surface area contributed by atoms with Crippen molar-refractivity contribution >= 4 is 17.3 Å². The molecule has 0 radical (unpaired) electrons. The molecule has 0 spiro atoms. The first kappa shape index (κ1) is 10.4. The van der Waals surface area contributed by atoms with Gasteiger partial charge >= 0.3 is 0 Å². The van der Waals surface area contributed by atoms with Crippen LogP contribution in [0.3, 0.4) is 0 Å². The molecule has 1 aliphatic rings. The fourth-order valence-electron chi connectivity index (χ4n) is 1.37. The van der Waals surface area contributed by atoms with E-state index in [0.717, 1.165) is 0 Å². The molecule has 1 aromatic rings. The van der Waals surface area contributed by atoms with E-state index in [2.05, 4.69) is 0 Å². The summed E-state index contributed by atoms with van der Waals surface area (Å²) in [7, 11) is 0. The SMILES string of the molecule is O=[N+]([O-])c1cc(C2OCCO2)ccc1Cl. The van der Waals surface area contributed by atoms with Gasteiger partial charge in [0.05, 0.1) is 18.1 Å². The molecular formula is C9H8ClNO4. The highest BCUT2D eigenvalue weighted by Gasteiger charge is 2.22. The molecular weight excluding hydrogens is 222 g/mol. The minimum atomic E-state index is -0.527. The van der Waals surface area contributed by atoms with Gasteiger partial charge in [-0.25, -0.2) is 0 Å². The molecule has 1 aromatic carbocycles. The van der Waals surface area contributed by atoms with Gasteiger partial charge in [0.1, 0.15) is 5.02 Å². The highest BCUT2D eigenvalue weighted by atomic mass is 35.5. The zero-order valence-electron chi connectivity index (χ0n) is 7.68. The molecule has 1 saturated heterocycles. The topological polar surface area (TPSA) is 61.6 Å². The van der Waals surface area contributed by atoms with Crippen LogP contribution in [0.1, 0.15) is 11.9 Å². The summed E-state index contributed by atoms with van der Waals surface area (Å²) in [5.74, 6) is 0. The number of nitrogens with zero attached hydrogens (tertiary/aromatic N) is 1. The number of nitro groups is 1. The Bertz CT molecular complexity index is 390. The Kier molecular flexibility index (Phi) is 2.86. The quantitative estimate of drug-likeness (QED) is 0.577. The summed E-state index contributed by atoms with van der Waals surface area (Å²) in [4.78, 5) is 10.1. The third kappa shape index (κ3) is 2.09. The van der Waals surface area contributed by atoms with Crippen molar-refractivity contribution in [3.8, 4) is 0 Å². The van der Waals surface area contributed by atoms with E-state index in [-0.39, 0.29) is 10.7 Å². The Labute approximate surface area is 90.7 Å². The van der Waals surface area contributed by atoms with Crippen molar-refractivity contribution in [3.63, 3.8) is 0 Å². The van der Waals surface area contributed by atoms with Crippen LogP contribution in [0.4, 0.5) is 5.69 Å². The summed E-state index contributed by atoms with van der Waals surface area (Å²) in [5.41, 5.74) is 0.483. The summed E-state index contributed by atoms with van der Waals surface area (Å²) in [6, 6.07) is 4.50. The fraction of sp³-hybridized carbons (Fsp3) is 0.333. The van der Waals surface area contributed by atoms with Gasteiger partial charge in [-0.1, -0.05) is 17.7 Å². The zero-order chi connectivity index (χ0) is 10.8.